The third-order valence-corrected chi connectivity index (χ3v) is 6.68. The number of H-pyrrole nitrogens is 1. The Balaban J connectivity index is 1.45. The van der Waals surface area contributed by atoms with E-state index < -0.39 is 0 Å². The first kappa shape index (κ1) is 18.2. The van der Waals surface area contributed by atoms with Crippen molar-refractivity contribution in [1.29, 1.82) is 0 Å². The van der Waals surface area contributed by atoms with Crippen molar-refractivity contribution < 1.29 is 0 Å². The van der Waals surface area contributed by atoms with Gasteiger partial charge in [-0.25, -0.2) is 4.98 Å². The first-order valence-electron chi connectivity index (χ1n) is 10.5. The van der Waals surface area contributed by atoms with Gasteiger partial charge in [0.2, 0.25) is 0 Å². The second kappa shape index (κ2) is 7.20. The molecule has 0 atom stereocenters. The molecule has 3 aromatic rings. The quantitative estimate of drug-likeness (QED) is 0.653. The molecule has 1 N–H and O–H groups in total. The molecule has 5 rings (SSSR count). The number of hydrogen-bond donors (Lipinski definition) is 1. The van der Waals surface area contributed by atoms with Crippen LogP contribution in [0.3, 0.4) is 0 Å². The average molecular weight is 398 g/mol. The van der Waals surface area contributed by atoms with Crippen LogP contribution < -0.4 is 0 Å². The first-order valence-corrected chi connectivity index (χ1v) is 10.9. The van der Waals surface area contributed by atoms with E-state index in [0.29, 0.717) is 17.0 Å². The van der Waals surface area contributed by atoms with Crippen LogP contribution in [-0.4, -0.2) is 43.8 Å². The van der Waals surface area contributed by atoms with Crippen LogP contribution in [0.4, 0.5) is 0 Å². The molecule has 0 radical (unpaired) electrons. The minimum atomic E-state index is 0.563. The van der Waals surface area contributed by atoms with Gasteiger partial charge >= 0.3 is 0 Å². The van der Waals surface area contributed by atoms with Gasteiger partial charge in [-0.2, -0.15) is 5.10 Å². The maximum Gasteiger partial charge on any atom is 0.138 e. The van der Waals surface area contributed by atoms with E-state index in [2.05, 4.69) is 50.8 Å². The predicted molar refractivity (Wildman–Crippen MR) is 114 cm³/mol. The molecule has 0 amide bonds. The normalized spacial score (nSPS) is 19.1. The van der Waals surface area contributed by atoms with Crippen LogP contribution in [-0.2, 0) is 6.54 Å². The van der Waals surface area contributed by atoms with Gasteiger partial charge < -0.3 is 9.88 Å². The number of aromatic amines is 1. The lowest BCUT2D eigenvalue weighted by Gasteiger charge is -2.34. The first-order chi connectivity index (χ1) is 13.6. The molecule has 4 heterocycles. The zero-order valence-corrected chi connectivity index (χ0v) is 17.4. The SMILES string of the molecule is CC(C)N1CCC(c2cc3c(-c4cnn(CC5CC5)c4)c(Cl)cnc3[nH]2)CC1. The summed E-state index contributed by atoms with van der Waals surface area (Å²) in [6, 6.07) is 2.90. The van der Waals surface area contributed by atoms with Gasteiger partial charge in [-0.05, 0) is 64.6 Å². The fraction of sp³-hybridized carbons (Fsp3) is 0.545. The van der Waals surface area contributed by atoms with E-state index in [1.807, 2.05) is 6.20 Å². The average Bonchev–Trinajstić information content (AvgIpc) is 3.21. The van der Waals surface area contributed by atoms with Gasteiger partial charge in [0.25, 0.3) is 0 Å². The number of nitrogens with one attached hydrogen (secondary N) is 1. The van der Waals surface area contributed by atoms with Gasteiger partial charge in [0.15, 0.2) is 0 Å². The van der Waals surface area contributed by atoms with Crippen LogP contribution in [0, 0.1) is 5.92 Å². The van der Waals surface area contributed by atoms with Crippen molar-refractivity contribution in [3.05, 3.63) is 35.4 Å². The number of likely N-dealkylation sites (tertiary alicyclic amines) is 1. The van der Waals surface area contributed by atoms with E-state index in [4.69, 9.17) is 11.6 Å². The lowest BCUT2D eigenvalue weighted by molar-refractivity contribution is 0.171. The highest BCUT2D eigenvalue weighted by atomic mass is 35.5. The molecule has 0 unspecified atom stereocenters. The second-order valence-electron chi connectivity index (χ2n) is 8.77. The number of hydrogen-bond acceptors (Lipinski definition) is 3. The summed E-state index contributed by atoms with van der Waals surface area (Å²) in [4.78, 5) is 10.7. The Morgan fingerprint density at radius 1 is 1.18 bits per heavy atom. The summed E-state index contributed by atoms with van der Waals surface area (Å²) in [5, 5.41) is 6.37. The van der Waals surface area contributed by atoms with Crippen molar-refractivity contribution in [2.24, 2.45) is 5.92 Å². The van der Waals surface area contributed by atoms with Gasteiger partial charge in [-0.15, -0.1) is 0 Å². The molecule has 1 saturated heterocycles. The van der Waals surface area contributed by atoms with Crippen molar-refractivity contribution in [2.45, 2.75) is 58.0 Å². The largest absolute Gasteiger partial charge is 0.343 e. The molecular formula is C22H28ClN5. The summed E-state index contributed by atoms with van der Waals surface area (Å²) in [5.74, 6) is 1.37. The number of piperidine rings is 1. The van der Waals surface area contributed by atoms with Crippen molar-refractivity contribution in [3.8, 4) is 11.1 Å². The number of pyridine rings is 1. The van der Waals surface area contributed by atoms with Crippen LogP contribution in [0.25, 0.3) is 22.2 Å². The van der Waals surface area contributed by atoms with Gasteiger partial charge in [-0.1, -0.05) is 11.6 Å². The molecule has 2 aliphatic rings. The summed E-state index contributed by atoms with van der Waals surface area (Å²) in [7, 11) is 0. The molecule has 1 aliphatic carbocycles. The van der Waals surface area contributed by atoms with Crippen LogP contribution in [0.5, 0.6) is 0 Å². The zero-order valence-electron chi connectivity index (χ0n) is 16.7. The number of nitrogens with zero attached hydrogens (tertiary/aromatic N) is 4. The summed E-state index contributed by atoms with van der Waals surface area (Å²) in [6.45, 7) is 7.90. The van der Waals surface area contributed by atoms with Gasteiger partial charge in [0, 0.05) is 53.1 Å². The lowest BCUT2D eigenvalue weighted by Crippen LogP contribution is -2.37. The predicted octanol–water partition coefficient (Wildman–Crippen LogP) is 5.08. The van der Waals surface area contributed by atoms with Crippen LogP contribution in [0.15, 0.2) is 24.7 Å². The van der Waals surface area contributed by atoms with E-state index in [9.17, 15) is 0 Å². The van der Waals surface area contributed by atoms with E-state index in [-0.39, 0.29) is 0 Å². The Hall–Kier alpha value is -1.85. The summed E-state index contributed by atoms with van der Waals surface area (Å²) in [5.41, 5.74) is 4.35. The lowest BCUT2D eigenvalue weighted by atomic mass is 9.92. The van der Waals surface area contributed by atoms with Gasteiger partial charge in [0.05, 0.1) is 11.2 Å². The Bertz CT molecular complexity index is 976. The third kappa shape index (κ3) is 3.46. The molecular weight excluding hydrogens is 370 g/mol. The fourth-order valence-corrected chi connectivity index (χ4v) is 4.73. The van der Waals surface area contributed by atoms with Gasteiger partial charge in [-0.3, -0.25) is 4.68 Å². The van der Waals surface area contributed by atoms with E-state index in [1.54, 1.807) is 6.20 Å². The van der Waals surface area contributed by atoms with E-state index in [0.717, 1.165) is 47.7 Å². The number of fused-ring (bicyclic) bond motifs is 1. The van der Waals surface area contributed by atoms with Crippen molar-refractivity contribution >= 4 is 22.6 Å². The number of halogens is 1. The Kier molecular flexibility index (Phi) is 4.68. The Labute approximate surface area is 171 Å². The van der Waals surface area contributed by atoms with Gasteiger partial charge in [0.1, 0.15) is 5.65 Å². The van der Waals surface area contributed by atoms with Crippen molar-refractivity contribution in [2.75, 3.05) is 13.1 Å². The third-order valence-electron chi connectivity index (χ3n) is 6.40. The fourth-order valence-electron chi connectivity index (χ4n) is 4.47. The van der Waals surface area contributed by atoms with E-state index in [1.165, 1.54) is 31.4 Å². The molecule has 6 heteroatoms. The maximum atomic E-state index is 6.59. The molecule has 148 valence electrons. The smallest absolute Gasteiger partial charge is 0.138 e. The van der Waals surface area contributed by atoms with Crippen LogP contribution in [0.2, 0.25) is 5.02 Å². The highest BCUT2D eigenvalue weighted by molar-refractivity contribution is 6.34. The maximum absolute atomic E-state index is 6.59. The molecule has 3 aromatic heterocycles. The molecule has 0 bridgehead atoms. The molecule has 1 aliphatic heterocycles. The van der Waals surface area contributed by atoms with Crippen LogP contribution >= 0.6 is 11.6 Å². The van der Waals surface area contributed by atoms with Crippen molar-refractivity contribution in [3.63, 3.8) is 0 Å². The minimum Gasteiger partial charge on any atom is -0.343 e. The molecule has 0 spiro atoms. The highest BCUT2D eigenvalue weighted by Crippen LogP contribution is 2.38. The summed E-state index contributed by atoms with van der Waals surface area (Å²) in [6.07, 6.45) is 10.9. The second-order valence-corrected chi connectivity index (χ2v) is 9.17. The Morgan fingerprint density at radius 2 is 1.96 bits per heavy atom. The summed E-state index contributed by atoms with van der Waals surface area (Å²) >= 11 is 6.59. The topological polar surface area (TPSA) is 49.7 Å². The van der Waals surface area contributed by atoms with E-state index >= 15 is 0 Å². The monoisotopic (exact) mass is 397 g/mol. The minimum absolute atomic E-state index is 0.563. The molecule has 5 nitrogen and oxygen atoms in total. The highest BCUT2D eigenvalue weighted by Gasteiger charge is 2.25. The molecule has 0 aromatic carbocycles. The summed E-state index contributed by atoms with van der Waals surface area (Å²) < 4.78 is 2.06. The van der Waals surface area contributed by atoms with Crippen molar-refractivity contribution in [1.82, 2.24) is 24.6 Å². The number of rotatable bonds is 5. The molecule has 28 heavy (non-hydrogen) atoms. The van der Waals surface area contributed by atoms with Crippen LogP contribution in [0.1, 0.15) is 51.1 Å². The molecule has 2 fully saturated rings. The Morgan fingerprint density at radius 3 is 2.68 bits per heavy atom. The zero-order chi connectivity index (χ0) is 19.3. The molecule has 1 saturated carbocycles. The number of aromatic nitrogens is 4. The standard InChI is InChI=1S/C22H28ClN5/c1-14(2)27-7-5-16(6-8-27)20-9-18-21(19(23)11-24-22(18)26-20)17-10-25-28(13-17)12-15-3-4-15/h9-11,13-16H,3-8,12H2,1-2H3,(H,24,26).